The van der Waals surface area contributed by atoms with Crippen LogP contribution in [0.5, 0.6) is 11.5 Å². The van der Waals surface area contributed by atoms with Crippen molar-refractivity contribution in [2.75, 3.05) is 7.11 Å². The van der Waals surface area contributed by atoms with E-state index in [1.165, 1.54) is 5.56 Å². The second kappa shape index (κ2) is 16.3. The monoisotopic (exact) mass is 581 g/mol. The van der Waals surface area contributed by atoms with Gasteiger partial charge in [0.1, 0.15) is 23.9 Å². The van der Waals surface area contributed by atoms with Gasteiger partial charge in [-0.2, -0.15) is 0 Å². The summed E-state index contributed by atoms with van der Waals surface area (Å²) in [4.78, 5) is 15.9. The van der Waals surface area contributed by atoms with Gasteiger partial charge >= 0.3 is 0 Å². The van der Waals surface area contributed by atoms with Crippen LogP contribution in [0.2, 0.25) is 0 Å². The van der Waals surface area contributed by atoms with Crippen LogP contribution < -0.4 is 9.47 Å². The van der Waals surface area contributed by atoms with Gasteiger partial charge in [0.05, 0.1) is 12.0 Å². The minimum atomic E-state index is -0.331. The van der Waals surface area contributed by atoms with Crippen molar-refractivity contribution in [3.63, 3.8) is 0 Å². The third-order valence-electron chi connectivity index (χ3n) is 7.31. The Morgan fingerprint density at radius 3 is 2.00 bits per heavy atom. The van der Waals surface area contributed by atoms with Crippen molar-refractivity contribution in [1.82, 2.24) is 9.55 Å². The van der Waals surface area contributed by atoms with Crippen LogP contribution in [0.15, 0.2) is 36.7 Å². The first-order valence-electron chi connectivity index (χ1n) is 15.4. The number of ether oxygens (including phenoxy) is 2. The number of non-ortho nitro benzene ring substituents is 1. The summed E-state index contributed by atoms with van der Waals surface area (Å²) in [7, 11) is 3.58. The predicted octanol–water partition coefficient (Wildman–Crippen LogP) is 9.50. The molecule has 1 heterocycles. The maximum Gasteiger partial charge on any atom is 0.270 e. The maximum absolute atomic E-state index is 11.8. The van der Waals surface area contributed by atoms with E-state index in [2.05, 4.69) is 58.7 Å². The Kier molecular flexibility index (Phi) is 14.3. The molecule has 3 aromatic rings. The normalized spacial score (nSPS) is 11.2. The lowest BCUT2D eigenvalue weighted by atomic mass is 9.75. The number of aryl methyl sites for hydroxylation is 2. The van der Waals surface area contributed by atoms with Crippen molar-refractivity contribution in [2.24, 2.45) is 7.05 Å². The highest BCUT2D eigenvalue weighted by Gasteiger charge is 2.30. The molecule has 2 aromatic carbocycles. The first-order valence-corrected chi connectivity index (χ1v) is 15.4. The van der Waals surface area contributed by atoms with E-state index in [1.807, 2.05) is 52.4 Å². The molecule has 3 rings (SSSR count). The van der Waals surface area contributed by atoms with Gasteiger partial charge in [-0.05, 0) is 34.8 Å². The molecule has 0 bridgehead atoms. The summed E-state index contributed by atoms with van der Waals surface area (Å²) in [5, 5.41) is 11.8. The lowest BCUT2D eigenvalue weighted by molar-refractivity contribution is -0.385. The molecule has 42 heavy (non-hydrogen) atoms. The lowest BCUT2D eigenvalue weighted by Crippen LogP contribution is -2.22. The molecule has 0 aliphatic heterocycles. The summed E-state index contributed by atoms with van der Waals surface area (Å²) in [5.41, 5.74) is 4.80. The zero-order chi connectivity index (χ0) is 32.3. The molecular weight excluding hydrogens is 526 g/mol. The predicted molar refractivity (Wildman–Crippen MR) is 175 cm³/mol. The number of hydrogen-bond donors (Lipinski definition) is 0. The van der Waals surface area contributed by atoms with Crippen LogP contribution in [0, 0.1) is 10.1 Å². The molecule has 0 aliphatic rings. The number of nitro benzene ring substituents is 1. The average molecular weight is 582 g/mol. The van der Waals surface area contributed by atoms with E-state index < -0.39 is 0 Å². The Balaban J connectivity index is 0.00000211. The summed E-state index contributed by atoms with van der Waals surface area (Å²) in [6.07, 6.45) is 6.80. The first kappa shape index (κ1) is 36.7. The molecule has 0 fully saturated rings. The summed E-state index contributed by atoms with van der Waals surface area (Å²) < 4.78 is 14.4. The smallest absolute Gasteiger partial charge is 0.270 e. The number of methoxy groups -OCH3 is 1. The van der Waals surface area contributed by atoms with Crippen molar-refractivity contribution < 1.29 is 14.4 Å². The molecule has 0 amide bonds. The summed E-state index contributed by atoms with van der Waals surface area (Å²) >= 11 is 0. The quantitative estimate of drug-likeness (QED) is 0.166. The van der Waals surface area contributed by atoms with Gasteiger partial charge in [-0.15, -0.1) is 0 Å². The standard InChI is InChI=1S/C31H43N3O4.2C2H6/c1-10-12-31(6,7)26-19-24(30(3,4)5)16-22(29(26)38-20-27-32-13-14-33(27)8)15-23-18-25(34(35)36)17-21(11-2)28(23)37-9;2*1-2/h13-14,16-19H,10-12,15,20H2,1-9H3;2*1-2H3. The third kappa shape index (κ3) is 9.07. The SMILES string of the molecule is CC.CC.CCCC(C)(C)c1cc(C(C)(C)C)cc(Cc2cc([N+](=O)[O-])cc(CC)c2OC)c1OCc1nccn1C. The van der Waals surface area contributed by atoms with Crippen LogP contribution in [-0.4, -0.2) is 21.6 Å². The Morgan fingerprint density at radius 1 is 0.929 bits per heavy atom. The number of imidazole rings is 1. The lowest BCUT2D eigenvalue weighted by Gasteiger charge is -2.32. The van der Waals surface area contributed by atoms with Crippen LogP contribution >= 0.6 is 0 Å². The topological polar surface area (TPSA) is 79.4 Å². The highest BCUT2D eigenvalue weighted by Crippen LogP contribution is 2.43. The van der Waals surface area contributed by atoms with Gasteiger partial charge in [-0.3, -0.25) is 10.1 Å². The minimum absolute atomic E-state index is 0.0756. The number of nitrogens with zero attached hydrogens (tertiary/aromatic N) is 3. The third-order valence-corrected chi connectivity index (χ3v) is 7.31. The highest BCUT2D eigenvalue weighted by atomic mass is 16.6. The molecular formula is C35H55N3O4. The van der Waals surface area contributed by atoms with Gasteiger partial charge in [0, 0.05) is 54.7 Å². The van der Waals surface area contributed by atoms with Crippen molar-refractivity contribution in [3.8, 4) is 11.5 Å². The molecule has 234 valence electrons. The van der Waals surface area contributed by atoms with Gasteiger partial charge in [0.25, 0.3) is 5.69 Å². The van der Waals surface area contributed by atoms with Gasteiger partial charge in [-0.25, -0.2) is 4.98 Å². The number of aromatic nitrogens is 2. The molecule has 0 atom stereocenters. The zero-order valence-corrected chi connectivity index (χ0v) is 28.5. The zero-order valence-electron chi connectivity index (χ0n) is 28.5. The minimum Gasteiger partial charge on any atom is -0.496 e. The van der Waals surface area contributed by atoms with Crippen LogP contribution in [0.1, 0.15) is 123 Å². The molecule has 0 saturated heterocycles. The second-order valence-corrected chi connectivity index (χ2v) is 11.7. The fourth-order valence-corrected chi connectivity index (χ4v) is 5.06. The van der Waals surface area contributed by atoms with Gasteiger partial charge < -0.3 is 14.0 Å². The highest BCUT2D eigenvalue weighted by molar-refractivity contribution is 5.56. The van der Waals surface area contributed by atoms with Crippen molar-refractivity contribution in [2.45, 2.75) is 119 Å². The number of hydrogen-bond acceptors (Lipinski definition) is 5. The van der Waals surface area contributed by atoms with Crippen molar-refractivity contribution in [3.05, 3.63) is 80.4 Å². The average Bonchev–Trinajstić information content (AvgIpc) is 3.37. The fourth-order valence-electron chi connectivity index (χ4n) is 5.06. The molecule has 0 N–H and O–H groups in total. The molecule has 0 unspecified atom stereocenters. The van der Waals surface area contributed by atoms with E-state index in [1.54, 1.807) is 25.4 Å². The van der Waals surface area contributed by atoms with Crippen molar-refractivity contribution in [1.29, 1.82) is 0 Å². The summed E-state index contributed by atoms with van der Waals surface area (Å²) in [6.45, 7) is 23.7. The Hall–Kier alpha value is -3.35. The summed E-state index contributed by atoms with van der Waals surface area (Å²) in [6, 6.07) is 7.74. The second-order valence-electron chi connectivity index (χ2n) is 11.7. The van der Waals surface area contributed by atoms with E-state index >= 15 is 0 Å². The Labute approximate surface area is 254 Å². The van der Waals surface area contributed by atoms with E-state index in [-0.39, 0.29) is 21.4 Å². The molecule has 0 spiro atoms. The molecule has 0 radical (unpaired) electrons. The number of benzene rings is 2. The molecule has 0 aliphatic carbocycles. The number of nitro groups is 1. The van der Waals surface area contributed by atoms with E-state index in [4.69, 9.17) is 9.47 Å². The van der Waals surface area contributed by atoms with Crippen LogP contribution in [0.3, 0.4) is 0 Å². The van der Waals surface area contributed by atoms with Crippen molar-refractivity contribution >= 4 is 5.69 Å². The van der Waals surface area contributed by atoms with E-state index in [9.17, 15) is 10.1 Å². The molecule has 1 aromatic heterocycles. The summed E-state index contributed by atoms with van der Waals surface area (Å²) in [5.74, 6) is 2.35. The Bertz CT molecular complexity index is 1290. The van der Waals surface area contributed by atoms with Crippen LogP contribution in [0.4, 0.5) is 5.69 Å². The molecule has 0 saturated carbocycles. The van der Waals surface area contributed by atoms with Gasteiger partial charge in [0.15, 0.2) is 0 Å². The first-order chi connectivity index (χ1) is 19.8. The maximum atomic E-state index is 11.8. The van der Waals surface area contributed by atoms with Crippen LogP contribution in [0.25, 0.3) is 0 Å². The van der Waals surface area contributed by atoms with Gasteiger partial charge in [0.2, 0.25) is 0 Å². The fraction of sp³-hybridized carbons (Fsp3) is 0.571. The largest absolute Gasteiger partial charge is 0.496 e. The van der Waals surface area contributed by atoms with Gasteiger partial charge in [-0.1, -0.05) is 94.7 Å². The van der Waals surface area contributed by atoms with E-state index in [0.29, 0.717) is 25.2 Å². The Morgan fingerprint density at radius 2 is 1.52 bits per heavy atom. The molecule has 7 heteroatoms. The van der Waals surface area contributed by atoms with E-state index in [0.717, 1.165) is 46.7 Å². The molecule has 7 nitrogen and oxygen atoms in total. The number of rotatable bonds is 11. The van der Waals surface area contributed by atoms with Crippen LogP contribution in [-0.2, 0) is 37.3 Å².